The van der Waals surface area contributed by atoms with Crippen LogP contribution in [-0.4, -0.2) is 18.8 Å². The molecule has 2 rings (SSSR count). The maximum absolute atomic E-state index is 11.5. The highest BCUT2D eigenvalue weighted by Gasteiger charge is 2.06. The fraction of sp³-hybridized carbons (Fsp3) is 0.176. The Morgan fingerprint density at radius 1 is 1.09 bits per heavy atom. The molecule has 2 aromatic rings. The molecule has 0 saturated carbocycles. The minimum atomic E-state index is -0.387. The number of nitrogens with zero attached hydrogens (tertiary/aromatic N) is 1. The molecule has 0 atom stereocenters. The van der Waals surface area contributed by atoms with Gasteiger partial charge in [-0.1, -0.05) is 46.6 Å². The van der Waals surface area contributed by atoms with Gasteiger partial charge in [0, 0.05) is 5.56 Å². The molecule has 0 aliphatic rings. The predicted molar refractivity (Wildman–Crippen MR) is 91.2 cm³/mol. The molecular weight excluding hydrogens is 337 g/mol. The van der Waals surface area contributed by atoms with E-state index in [0.717, 1.165) is 11.1 Å². The van der Waals surface area contributed by atoms with Crippen molar-refractivity contribution in [3.05, 3.63) is 69.2 Å². The van der Waals surface area contributed by atoms with Gasteiger partial charge in [0.1, 0.15) is 6.61 Å². The van der Waals surface area contributed by atoms with Crippen LogP contribution in [0.2, 0.25) is 10.0 Å². The second kappa shape index (κ2) is 7.99. The number of oxime groups is 1. The van der Waals surface area contributed by atoms with Gasteiger partial charge in [0.05, 0.1) is 28.4 Å². The molecule has 2 aromatic carbocycles. The number of ether oxygens (including phenoxy) is 1. The number of benzene rings is 2. The van der Waals surface area contributed by atoms with E-state index in [-0.39, 0.29) is 12.6 Å². The van der Waals surface area contributed by atoms with Crippen molar-refractivity contribution in [1.82, 2.24) is 0 Å². The van der Waals surface area contributed by atoms with Gasteiger partial charge in [-0.05, 0) is 36.8 Å². The van der Waals surface area contributed by atoms with Crippen molar-refractivity contribution in [1.29, 1.82) is 0 Å². The maximum atomic E-state index is 11.5. The zero-order chi connectivity index (χ0) is 16.8. The van der Waals surface area contributed by atoms with E-state index in [4.69, 9.17) is 28.0 Å². The largest absolute Gasteiger partial charge is 0.465 e. The third-order valence-electron chi connectivity index (χ3n) is 3.12. The van der Waals surface area contributed by atoms with Gasteiger partial charge in [-0.15, -0.1) is 0 Å². The number of carbonyl (C=O) groups is 1. The van der Waals surface area contributed by atoms with E-state index in [1.54, 1.807) is 30.3 Å². The van der Waals surface area contributed by atoms with Crippen LogP contribution in [0.1, 0.15) is 28.4 Å². The number of hydrogen-bond acceptors (Lipinski definition) is 4. The fourth-order valence-corrected chi connectivity index (χ4v) is 2.18. The van der Waals surface area contributed by atoms with Crippen LogP contribution in [0.5, 0.6) is 0 Å². The van der Waals surface area contributed by atoms with Crippen molar-refractivity contribution >= 4 is 34.9 Å². The molecule has 0 saturated heterocycles. The normalized spacial score (nSPS) is 11.2. The van der Waals surface area contributed by atoms with Crippen LogP contribution in [0, 0.1) is 0 Å². The van der Waals surface area contributed by atoms with Crippen molar-refractivity contribution in [3.8, 4) is 0 Å². The number of carbonyl (C=O) groups excluding carboxylic acids is 1. The highest BCUT2D eigenvalue weighted by molar-refractivity contribution is 6.42. The number of methoxy groups -OCH3 is 1. The second-order valence-corrected chi connectivity index (χ2v) is 5.59. The Morgan fingerprint density at radius 2 is 1.87 bits per heavy atom. The Kier molecular flexibility index (Phi) is 6.02. The molecule has 6 heteroatoms. The SMILES string of the molecule is COC(=O)c1cccc(CO/N=C(/C)c2ccc(Cl)c(Cl)c2)c1. The van der Waals surface area contributed by atoms with Crippen LogP contribution >= 0.6 is 23.2 Å². The summed E-state index contributed by atoms with van der Waals surface area (Å²) in [6.45, 7) is 2.05. The van der Waals surface area contributed by atoms with Crippen molar-refractivity contribution in [3.63, 3.8) is 0 Å². The van der Waals surface area contributed by atoms with Gasteiger partial charge in [0.15, 0.2) is 0 Å². The highest BCUT2D eigenvalue weighted by Crippen LogP contribution is 2.23. The lowest BCUT2D eigenvalue weighted by molar-refractivity contribution is 0.0600. The van der Waals surface area contributed by atoms with E-state index in [1.165, 1.54) is 7.11 Å². The first-order valence-electron chi connectivity index (χ1n) is 6.80. The third kappa shape index (κ3) is 4.71. The van der Waals surface area contributed by atoms with Crippen molar-refractivity contribution in [2.45, 2.75) is 13.5 Å². The first-order valence-corrected chi connectivity index (χ1v) is 7.56. The lowest BCUT2D eigenvalue weighted by Crippen LogP contribution is -2.02. The smallest absolute Gasteiger partial charge is 0.337 e. The Morgan fingerprint density at radius 3 is 2.57 bits per heavy atom. The molecular formula is C17H15Cl2NO3. The van der Waals surface area contributed by atoms with E-state index in [0.29, 0.717) is 21.3 Å². The summed E-state index contributed by atoms with van der Waals surface area (Å²) in [5.41, 5.74) is 2.78. The van der Waals surface area contributed by atoms with E-state index >= 15 is 0 Å². The van der Waals surface area contributed by atoms with Crippen LogP contribution in [0.4, 0.5) is 0 Å². The summed E-state index contributed by atoms with van der Waals surface area (Å²) >= 11 is 11.9. The summed E-state index contributed by atoms with van der Waals surface area (Å²) in [5, 5.41) is 5.01. The minimum absolute atomic E-state index is 0.240. The summed E-state index contributed by atoms with van der Waals surface area (Å²) < 4.78 is 4.68. The van der Waals surface area contributed by atoms with Crippen LogP contribution in [0.3, 0.4) is 0 Å². The van der Waals surface area contributed by atoms with Gasteiger partial charge < -0.3 is 9.57 Å². The average Bonchev–Trinajstić information content (AvgIpc) is 2.56. The van der Waals surface area contributed by atoms with Gasteiger partial charge in [-0.25, -0.2) is 4.79 Å². The standard InChI is InChI=1S/C17H15Cl2NO3/c1-11(13-6-7-15(18)16(19)9-13)20-23-10-12-4-3-5-14(8-12)17(21)22-2/h3-9H,10H2,1-2H3/b20-11-. The Hall–Kier alpha value is -2.04. The topological polar surface area (TPSA) is 47.9 Å². The monoisotopic (exact) mass is 351 g/mol. The van der Waals surface area contributed by atoms with Gasteiger partial charge in [0.2, 0.25) is 0 Å². The van der Waals surface area contributed by atoms with Gasteiger partial charge in [-0.3, -0.25) is 0 Å². The molecule has 23 heavy (non-hydrogen) atoms. The predicted octanol–water partition coefficient (Wildman–Crippen LogP) is 4.72. The number of halogens is 2. The van der Waals surface area contributed by atoms with E-state index < -0.39 is 0 Å². The summed E-state index contributed by atoms with van der Waals surface area (Å²) in [6, 6.07) is 12.2. The molecule has 0 N–H and O–H groups in total. The molecule has 0 aromatic heterocycles. The summed E-state index contributed by atoms with van der Waals surface area (Å²) in [5.74, 6) is -0.387. The van der Waals surface area contributed by atoms with Crippen LogP contribution in [0.15, 0.2) is 47.6 Å². The molecule has 0 spiro atoms. The second-order valence-electron chi connectivity index (χ2n) is 4.77. The molecule has 4 nitrogen and oxygen atoms in total. The van der Waals surface area contributed by atoms with Crippen molar-refractivity contribution in [2.24, 2.45) is 5.16 Å². The van der Waals surface area contributed by atoms with Gasteiger partial charge in [0.25, 0.3) is 0 Å². The molecule has 0 aliphatic heterocycles. The number of hydrogen-bond donors (Lipinski definition) is 0. The zero-order valence-electron chi connectivity index (χ0n) is 12.7. The number of rotatable bonds is 5. The van der Waals surface area contributed by atoms with E-state index in [1.807, 2.05) is 19.1 Å². The van der Waals surface area contributed by atoms with Crippen molar-refractivity contribution < 1.29 is 14.4 Å². The minimum Gasteiger partial charge on any atom is -0.465 e. The van der Waals surface area contributed by atoms with Crippen LogP contribution in [0.25, 0.3) is 0 Å². The van der Waals surface area contributed by atoms with Crippen molar-refractivity contribution in [2.75, 3.05) is 7.11 Å². The molecule has 0 aliphatic carbocycles. The summed E-state index contributed by atoms with van der Waals surface area (Å²) in [6.07, 6.45) is 0. The summed E-state index contributed by atoms with van der Waals surface area (Å²) in [4.78, 5) is 16.8. The Labute approximate surface area is 144 Å². The van der Waals surface area contributed by atoms with Crippen LogP contribution in [-0.2, 0) is 16.2 Å². The molecule has 120 valence electrons. The molecule has 0 unspecified atom stereocenters. The molecule has 0 radical (unpaired) electrons. The lowest BCUT2D eigenvalue weighted by Gasteiger charge is -2.05. The molecule has 0 heterocycles. The highest BCUT2D eigenvalue weighted by atomic mass is 35.5. The first-order chi connectivity index (χ1) is 11.0. The molecule has 0 fully saturated rings. The molecule has 0 bridgehead atoms. The Bertz CT molecular complexity index is 744. The number of esters is 1. The fourth-order valence-electron chi connectivity index (χ4n) is 1.88. The van der Waals surface area contributed by atoms with E-state index in [2.05, 4.69) is 9.89 Å². The average molecular weight is 352 g/mol. The Balaban J connectivity index is 2.03. The van der Waals surface area contributed by atoms with Gasteiger partial charge in [-0.2, -0.15) is 0 Å². The van der Waals surface area contributed by atoms with Crippen LogP contribution < -0.4 is 0 Å². The lowest BCUT2D eigenvalue weighted by atomic mass is 10.1. The first kappa shape index (κ1) is 17.3. The maximum Gasteiger partial charge on any atom is 0.337 e. The summed E-state index contributed by atoms with van der Waals surface area (Å²) in [7, 11) is 1.34. The quantitative estimate of drug-likeness (QED) is 0.444. The molecule has 0 amide bonds. The van der Waals surface area contributed by atoms with E-state index in [9.17, 15) is 4.79 Å². The van der Waals surface area contributed by atoms with Gasteiger partial charge >= 0.3 is 5.97 Å². The third-order valence-corrected chi connectivity index (χ3v) is 3.86. The zero-order valence-corrected chi connectivity index (χ0v) is 14.2.